The highest BCUT2D eigenvalue weighted by atomic mass is 35.5. The summed E-state index contributed by atoms with van der Waals surface area (Å²) in [6.45, 7) is 3.08. The number of sulfonamides is 1. The van der Waals surface area contributed by atoms with Gasteiger partial charge in [0, 0.05) is 39.1 Å². The molecule has 1 aliphatic heterocycles. The van der Waals surface area contributed by atoms with Crippen LogP contribution in [0, 0.1) is 0 Å². The van der Waals surface area contributed by atoms with E-state index in [9.17, 15) is 13.2 Å². The van der Waals surface area contributed by atoms with Gasteiger partial charge in [-0.25, -0.2) is 18.2 Å². The summed E-state index contributed by atoms with van der Waals surface area (Å²) in [6.07, 6.45) is 3.39. The van der Waals surface area contributed by atoms with Gasteiger partial charge in [-0.15, -0.1) is 12.4 Å². The zero-order valence-corrected chi connectivity index (χ0v) is 16.0. The molecule has 3 rings (SSSR count). The van der Waals surface area contributed by atoms with Crippen molar-refractivity contribution in [2.75, 3.05) is 26.2 Å². The number of esters is 1. The van der Waals surface area contributed by atoms with Gasteiger partial charge in [0.25, 0.3) is 10.0 Å². The van der Waals surface area contributed by atoms with Gasteiger partial charge >= 0.3 is 5.97 Å². The van der Waals surface area contributed by atoms with Crippen LogP contribution in [0.3, 0.4) is 0 Å². The summed E-state index contributed by atoms with van der Waals surface area (Å²) in [6, 6.07) is 2.12. The Bertz CT molecular complexity index is 863. The maximum atomic E-state index is 13.0. The lowest BCUT2D eigenvalue weighted by Gasteiger charge is -2.33. The van der Waals surface area contributed by atoms with Crippen LogP contribution in [-0.4, -0.2) is 54.5 Å². The van der Waals surface area contributed by atoms with Crippen LogP contribution in [0.1, 0.15) is 29.3 Å². The van der Waals surface area contributed by atoms with Crippen LogP contribution in [0.4, 0.5) is 0 Å². The number of furan rings is 1. The predicted octanol–water partition coefficient (Wildman–Crippen LogP) is 0.947. The molecule has 0 spiro atoms. The molecule has 0 amide bonds. The van der Waals surface area contributed by atoms with Crippen LogP contribution in [0.15, 0.2) is 34.0 Å². The SMILES string of the molecule is CCOC(=O)c1ccc(S(=O)(=O)N2CCNCC2c2nccn2C)o1.Cl. The number of aryl methyl sites for hydroxylation is 1. The Morgan fingerprint density at radius 1 is 1.46 bits per heavy atom. The number of hydrogen-bond donors (Lipinski definition) is 1. The average molecular weight is 405 g/mol. The monoisotopic (exact) mass is 404 g/mol. The second kappa shape index (κ2) is 8.21. The number of carbonyl (C=O) groups is 1. The van der Waals surface area contributed by atoms with E-state index in [2.05, 4.69) is 10.3 Å². The summed E-state index contributed by atoms with van der Waals surface area (Å²) >= 11 is 0. The first-order valence-electron chi connectivity index (χ1n) is 7.92. The van der Waals surface area contributed by atoms with E-state index in [1.165, 1.54) is 16.4 Å². The third-order valence-corrected chi connectivity index (χ3v) is 5.75. The van der Waals surface area contributed by atoms with Gasteiger partial charge in [0.15, 0.2) is 0 Å². The van der Waals surface area contributed by atoms with E-state index < -0.39 is 22.0 Å². The molecule has 1 N–H and O–H groups in total. The number of piperazine rings is 1. The van der Waals surface area contributed by atoms with Crippen molar-refractivity contribution in [2.24, 2.45) is 7.05 Å². The van der Waals surface area contributed by atoms with E-state index in [1.807, 2.05) is 7.05 Å². The molecule has 1 atom stereocenters. The van der Waals surface area contributed by atoms with Crippen LogP contribution in [0.2, 0.25) is 0 Å². The number of nitrogens with one attached hydrogen (secondary N) is 1. The Morgan fingerprint density at radius 3 is 2.88 bits per heavy atom. The Morgan fingerprint density at radius 2 is 2.23 bits per heavy atom. The first kappa shape index (κ1) is 20.4. The molecule has 0 aliphatic carbocycles. The molecule has 2 aromatic heterocycles. The molecule has 1 unspecified atom stereocenters. The molecule has 0 aromatic carbocycles. The highest BCUT2D eigenvalue weighted by Gasteiger charge is 2.38. The van der Waals surface area contributed by atoms with E-state index in [0.29, 0.717) is 18.9 Å². The summed E-state index contributed by atoms with van der Waals surface area (Å²) in [4.78, 5) is 16.0. The molecule has 26 heavy (non-hydrogen) atoms. The van der Waals surface area contributed by atoms with E-state index in [4.69, 9.17) is 9.15 Å². The highest BCUT2D eigenvalue weighted by molar-refractivity contribution is 7.89. The van der Waals surface area contributed by atoms with E-state index in [1.54, 1.807) is 23.9 Å². The van der Waals surface area contributed by atoms with Crippen molar-refractivity contribution in [3.63, 3.8) is 0 Å². The average Bonchev–Trinajstić information content (AvgIpc) is 3.24. The minimum absolute atomic E-state index is 0. The van der Waals surface area contributed by atoms with Gasteiger partial charge in [-0.05, 0) is 19.1 Å². The number of hydrogen-bond acceptors (Lipinski definition) is 7. The van der Waals surface area contributed by atoms with Crippen molar-refractivity contribution >= 4 is 28.4 Å². The molecule has 2 aromatic rings. The number of ether oxygens (including phenoxy) is 1. The lowest BCUT2D eigenvalue weighted by molar-refractivity contribution is 0.0483. The van der Waals surface area contributed by atoms with E-state index >= 15 is 0 Å². The molecule has 1 aliphatic rings. The topological polar surface area (TPSA) is 107 Å². The van der Waals surface area contributed by atoms with Crippen LogP contribution >= 0.6 is 12.4 Å². The van der Waals surface area contributed by atoms with Gasteiger partial charge in [0.2, 0.25) is 10.9 Å². The fourth-order valence-corrected chi connectivity index (χ4v) is 4.28. The number of nitrogens with zero attached hydrogens (tertiary/aromatic N) is 3. The molecular weight excluding hydrogens is 384 g/mol. The zero-order chi connectivity index (χ0) is 18.0. The fourth-order valence-electron chi connectivity index (χ4n) is 2.78. The maximum Gasteiger partial charge on any atom is 0.374 e. The summed E-state index contributed by atoms with van der Waals surface area (Å²) in [7, 11) is -2.10. The molecule has 3 heterocycles. The summed E-state index contributed by atoms with van der Waals surface area (Å²) < 4.78 is 39.2. The molecular formula is C15H21ClN4O5S. The Hall–Kier alpha value is -1.88. The van der Waals surface area contributed by atoms with Crippen molar-refractivity contribution in [1.29, 1.82) is 0 Å². The van der Waals surface area contributed by atoms with Gasteiger partial charge in [0.1, 0.15) is 5.82 Å². The van der Waals surface area contributed by atoms with E-state index in [-0.39, 0.29) is 36.4 Å². The number of aromatic nitrogens is 2. The number of imidazole rings is 1. The molecule has 0 radical (unpaired) electrons. The molecule has 11 heteroatoms. The second-order valence-corrected chi connectivity index (χ2v) is 7.39. The van der Waals surface area contributed by atoms with E-state index in [0.717, 1.165) is 0 Å². The van der Waals surface area contributed by atoms with Crippen molar-refractivity contribution in [1.82, 2.24) is 19.2 Å². The lowest BCUT2D eigenvalue weighted by atomic mass is 10.2. The third kappa shape index (κ3) is 3.78. The van der Waals surface area contributed by atoms with Gasteiger partial charge in [-0.2, -0.15) is 4.31 Å². The molecule has 0 saturated carbocycles. The largest absolute Gasteiger partial charge is 0.460 e. The summed E-state index contributed by atoms with van der Waals surface area (Å²) in [5.41, 5.74) is 0. The summed E-state index contributed by atoms with van der Waals surface area (Å²) in [5, 5.41) is 2.90. The third-order valence-electron chi connectivity index (χ3n) is 3.97. The molecule has 0 bridgehead atoms. The van der Waals surface area contributed by atoms with Crippen molar-refractivity contribution in [3.05, 3.63) is 36.1 Å². The predicted molar refractivity (Wildman–Crippen MR) is 94.6 cm³/mol. The van der Waals surface area contributed by atoms with Gasteiger partial charge in [-0.1, -0.05) is 0 Å². The molecule has 1 fully saturated rings. The Labute approximate surface area is 157 Å². The smallest absolute Gasteiger partial charge is 0.374 e. The van der Waals surface area contributed by atoms with Crippen LogP contribution < -0.4 is 5.32 Å². The molecule has 144 valence electrons. The maximum absolute atomic E-state index is 13.0. The zero-order valence-electron chi connectivity index (χ0n) is 14.4. The minimum atomic E-state index is -3.92. The molecule has 1 saturated heterocycles. The molecule has 9 nitrogen and oxygen atoms in total. The normalized spacial score (nSPS) is 18.3. The Balaban J connectivity index is 0.00000243. The minimum Gasteiger partial charge on any atom is -0.460 e. The number of carbonyl (C=O) groups excluding carboxylic acids is 1. The first-order valence-corrected chi connectivity index (χ1v) is 9.36. The van der Waals surface area contributed by atoms with Crippen molar-refractivity contribution in [3.8, 4) is 0 Å². The Kier molecular flexibility index (Phi) is 6.45. The highest BCUT2D eigenvalue weighted by Crippen LogP contribution is 2.29. The van der Waals surface area contributed by atoms with Gasteiger partial charge in [-0.3, -0.25) is 0 Å². The summed E-state index contributed by atoms with van der Waals surface area (Å²) in [5.74, 6) is -0.193. The van der Waals surface area contributed by atoms with Crippen LogP contribution in [-0.2, 0) is 21.8 Å². The number of rotatable bonds is 5. The second-order valence-electron chi connectivity index (χ2n) is 5.57. The van der Waals surface area contributed by atoms with Crippen LogP contribution in [0.25, 0.3) is 0 Å². The number of halogens is 1. The van der Waals surface area contributed by atoms with Crippen LogP contribution in [0.5, 0.6) is 0 Å². The first-order chi connectivity index (χ1) is 11.9. The fraction of sp³-hybridized carbons (Fsp3) is 0.467. The van der Waals surface area contributed by atoms with Crippen molar-refractivity contribution < 1.29 is 22.4 Å². The quantitative estimate of drug-likeness (QED) is 0.739. The van der Waals surface area contributed by atoms with Gasteiger partial charge < -0.3 is 19.0 Å². The van der Waals surface area contributed by atoms with Gasteiger partial charge in [0.05, 0.1) is 12.6 Å². The van der Waals surface area contributed by atoms with Crippen molar-refractivity contribution in [2.45, 2.75) is 18.1 Å². The lowest BCUT2D eigenvalue weighted by Crippen LogP contribution is -2.49. The standard InChI is InChI=1S/C15H20N4O5S.ClH/c1-3-23-15(20)12-4-5-13(24-12)25(21,22)19-9-6-16-10-11(19)14-17-7-8-18(14)2;/h4-5,7-8,11,16H,3,6,9-10H2,1-2H3;1H.